The molecule has 0 bridgehead atoms. The van der Waals surface area contributed by atoms with E-state index in [1.54, 1.807) is 18.2 Å². The van der Waals surface area contributed by atoms with Crippen molar-refractivity contribution < 1.29 is 14.0 Å². The Morgan fingerprint density at radius 1 is 1.09 bits per heavy atom. The number of para-hydroxylation sites is 1. The first-order chi connectivity index (χ1) is 11.1. The molecule has 0 radical (unpaired) electrons. The molecule has 0 atom stereocenters. The monoisotopic (exact) mass is 328 g/mol. The molecule has 0 aliphatic heterocycles. The Labute approximate surface area is 137 Å². The second kappa shape index (κ2) is 6.14. The predicted molar refractivity (Wildman–Crippen MR) is 89.0 cm³/mol. The molecule has 0 unspecified atom stereocenters. The summed E-state index contributed by atoms with van der Waals surface area (Å²) in [6.07, 6.45) is 1.41. The van der Waals surface area contributed by atoms with E-state index in [-0.39, 0.29) is 16.8 Å². The van der Waals surface area contributed by atoms with E-state index in [0.29, 0.717) is 22.4 Å². The molecule has 0 spiro atoms. The van der Waals surface area contributed by atoms with Crippen molar-refractivity contribution in [2.45, 2.75) is 0 Å². The van der Waals surface area contributed by atoms with Gasteiger partial charge in [-0.25, -0.2) is 0 Å². The van der Waals surface area contributed by atoms with Crippen molar-refractivity contribution in [3.05, 3.63) is 64.9 Å². The van der Waals surface area contributed by atoms with Crippen LogP contribution in [0.3, 0.4) is 0 Å². The van der Waals surface area contributed by atoms with Gasteiger partial charge in [0.1, 0.15) is 11.8 Å². The Balaban J connectivity index is 1.87. The molecule has 0 saturated carbocycles. The maximum absolute atomic E-state index is 12.4. The molecule has 0 aliphatic rings. The standard InChI is InChI=1S/C17H13ClN2O3/c1-19-16(21)10-6-7-14(13(18)8-10)20-17(22)12-9-23-15-5-3-2-4-11(12)15/h2-9H,1H3,(H,19,21)(H,20,22). The summed E-state index contributed by atoms with van der Waals surface area (Å²) in [7, 11) is 1.54. The number of carbonyl (C=O) groups is 2. The van der Waals surface area contributed by atoms with Crippen LogP contribution in [0, 0.1) is 0 Å². The topological polar surface area (TPSA) is 71.3 Å². The summed E-state index contributed by atoms with van der Waals surface area (Å²) in [6.45, 7) is 0. The molecule has 2 N–H and O–H groups in total. The molecular weight excluding hydrogens is 316 g/mol. The van der Waals surface area contributed by atoms with Crippen LogP contribution in [-0.2, 0) is 0 Å². The van der Waals surface area contributed by atoms with Gasteiger partial charge < -0.3 is 15.1 Å². The zero-order chi connectivity index (χ0) is 16.4. The summed E-state index contributed by atoms with van der Waals surface area (Å²) in [5.74, 6) is -0.574. The van der Waals surface area contributed by atoms with E-state index >= 15 is 0 Å². The summed E-state index contributed by atoms with van der Waals surface area (Å²) in [5, 5.41) is 6.25. The Morgan fingerprint density at radius 3 is 2.61 bits per heavy atom. The van der Waals surface area contributed by atoms with Crippen LogP contribution < -0.4 is 10.6 Å². The number of hydrogen-bond donors (Lipinski definition) is 2. The quantitative estimate of drug-likeness (QED) is 0.770. The molecule has 6 heteroatoms. The van der Waals surface area contributed by atoms with Gasteiger partial charge in [0.05, 0.1) is 16.3 Å². The number of amides is 2. The minimum Gasteiger partial charge on any atom is -0.463 e. The molecule has 23 heavy (non-hydrogen) atoms. The molecule has 116 valence electrons. The zero-order valence-corrected chi connectivity index (χ0v) is 13.0. The second-order valence-corrected chi connectivity index (χ2v) is 5.28. The highest BCUT2D eigenvalue weighted by molar-refractivity contribution is 6.34. The van der Waals surface area contributed by atoms with Gasteiger partial charge in [-0.15, -0.1) is 0 Å². The zero-order valence-electron chi connectivity index (χ0n) is 12.2. The molecule has 3 aromatic rings. The van der Waals surface area contributed by atoms with Gasteiger partial charge in [0.2, 0.25) is 0 Å². The van der Waals surface area contributed by atoms with Crippen LogP contribution in [0.25, 0.3) is 11.0 Å². The number of rotatable bonds is 3. The molecule has 0 fully saturated rings. The lowest BCUT2D eigenvalue weighted by molar-refractivity contribution is 0.0962. The molecule has 0 saturated heterocycles. The lowest BCUT2D eigenvalue weighted by Gasteiger charge is -2.08. The summed E-state index contributed by atoms with van der Waals surface area (Å²) >= 11 is 6.14. The SMILES string of the molecule is CNC(=O)c1ccc(NC(=O)c2coc3ccccc23)c(Cl)c1. The van der Waals surface area contributed by atoms with Gasteiger partial charge in [-0.1, -0.05) is 29.8 Å². The average Bonchev–Trinajstić information content (AvgIpc) is 3.00. The lowest BCUT2D eigenvalue weighted by atomic mass is 10.1. The molecule has 2 amide bonds. The highest BCUT2D eigenvalue weighted by atomic mass is 35.5. The van der Waals surface area contributed by atoms with Crippen LogP contribution >= 0.6 is 11.6 Å². The number of hydrogen-bond acceptors (Lipinski definition) is 3. The number of halogens is 1. The van der Waals surface area contributed by atoms with E-state index in [0.717, 1.165) is 5.39 Å². The molecule has 1 heterocycles. The Kier molecular flexibility index (Phi) is 4.04. The Morgan fingerprint density at radius 2 is 1.87 bits per heavy atom. The third-order valence-electron chi connectivity index (χ3n) is 3.43. The van der Waals surface area contributed by atoms with Crippen molar-refractivity contribution >= 4 is 40.1 Å². The van der Waals surface area contributed by atoms with E-state index in [1.807, 2.05) is 18.2 Å². The van der Waals surface area contributed by atoms with Crippen LogP contribution in [0.4, 0.5) is 5.69 Å². The summed E-state index contributed by atoms with van der Waals surface area (Å²) < 4.78 is 5.36. The minimum atomic E-state index is -0.329. The van der Waals surface area contributed by atoms with Crippen molar-refractivity contribution in [1.29, 1.82) is 0 Å². The highest BCUT2D eigenvalue weighted by Gasteiger charge is 2.15. The smallest absolute Gasteiger partial charge is 0.259 e. The molecule has 1 aromatic heterocycles. The number of anilines is 1. The van der Waals surface area contributed by atoms with Gasteiger partial charge in [-0.3, -0.25) is 9.59 Å². The molecule has 3 rings (SSSR count). The first kappa shape index (κ1) is 15.1. The summed E-state index contributed by atoms with van der Waals surface area (Å²) in [4.78, 5) is 24.0. The fraction of sp³-hybridized carbons (Fsp3) is 0.0588. The third-order valence-corrected chi connectivity index (χ3v) is 3.74. The first-order valence-electron chi connectivity index (χ1n) is 6.89. The first-order valence-corrected chi connectivity index (χ1v) is 7.27. The van der Waals surface area contributed by atoms with Crippen LogP contribution in [-0.4, -0.2) is 18.9 Å². The second-order valence-electron chi connectivity index (χ2n) is 4.87. The number of nitrogens with one attached hydrogen (secondary N) is 2. The van der Waals surface area contributed by atoms with Crippen molar-refractivity contribution in [2.24, 2.45) is 0 Å². The van der Waals surface area contributed by atoms with Gasteiger partial charge in [0.25, 0.3) is 11.8 Å². The van der Waals surface area contributed by atoms with Crippen LogP contribution in [0.15, 0.2) is 53.1 Å². The predicted octanol–water partition coefficient (Wildman–Crippen LogP) is 3.70. The Bertz CT molecular complexity index is 902. The van der Waals surface area contributed by atoms with Gasteiger partial charge in [0.15, 0.2) is 0 Å². The maximum Gasteiger partial charge on any atom is 0.259 e. The lowest BCUT2D eigenvalue weighted by Crippen LogP contribution is -2.18. The van der Waals surface area contributed by atoms with Gasteiger partial charge >= 0.3 is 0 Å². The third kappa shape index (κ3) is 2.91. The minimum absolute atomic E-state index is 0.245. The maximum atomic E-state index is 12.4. The van der Waals surface area contributed by atoms with Gasteiger partial charge in [0, 0.05) is 18.0 Å². The highest BCUT2D eigenvalue weighted by Crippen LogP contribution is 2.26. The largest absolute Gasteiger partial charge is 0.463 e. The summed E-state index contributed by atoms with van der Waals surface area (Å²) in [5.41, 5.74) is 1.91. The van der Waals surface area contributed by atoms with Crippen LogP contribution in [0.2, 0.25) is 5.02 Å². The molecule has 2 aromatic carbocycles. The Hall–Kier alpha value is -2.79. The number of furan rings is 1. The van der Waals surface area contributed by atoms with E-state index in [9.17, 15) is 9.59 Å². The van der Waals surface area contributed by atoms with E-state index < -0.39 is 0 Å². The fourth-order valence-corrected chi connectivity index (χ4v) is 2.47. The number of benzene rings is 2. The molecule has 0 aliphatic carbocycles. The van der Waals surface area contributed by atoms with Crippen molar-refractivity contribution in [3.8, 4) is 0 Å². The number of fused-ring (bicyclic) bond motifs is 1. The van der Waals surface area contributed by atoms with Crippen molar-refractivity contribution in [2.75, 3.05) is 12.4 Å². The average molecular weight is 329 g/mol. The van der Waals surface area contributed by atoms with E-state index in [1.165, 1.54) is 19.4 Å². The van der Waals surface area contributed by atoms with E-state index in [4.69, 9.17) is 16.0 Å². The van der Waals surface area contributed by atoms with Gasteiger partial charge in [-0.2, -0.15) is 0 Å². The fourth-order valence-electron chi connectivity index (χ4n) is 2.25. The molecular formula is C17H13ClN2O3. The van der Waals surface area contributed by atoms with Crippen molar-refractivity contribution in [3.63, 3.8) is 0 Å². The van der Waals surface area contributed by atoms with Gasteiger partial charge in [-0.05, 0) is 24.3 Å². The van der Waals surface area contributed by atoms with Crippen LogP contribution in [0.5, 0.6) is 0 Å². The van der Waals surface area contributed by atoms with Crippen LogP contribution in [0.1, 0.15) is 20.7 Å². The van der Waals surface area contributed by atoms with Crippen molar-refractivity contribution in [1.82, 2.24) is 5.32 Å². The van der Waals surface area contributed by atoms with E-state index in [2.05, 4.69) is 10.6 Å². The summed E-state index contributed by atoms with van der Waals surface area (Å²) in [6, 6.07) is 12.0. The number of carbonyl (C=O) groups excluding carboxylic acids is 2. The molecule has 5 nitrogen and oxygen atoms in total. The normalized spacial score (nSPS) is 10.5.